The highest BCUT2D eigenvalue weighted by molar-refractivity contribution is 6.36. The first-order chi connectivity index (χ1) is 20.3. The molecule has 0 saturated carbocycles. The average Bonchev–Trinajstić information content (AvgIpc) is 2.99. The monoisotopic (exact) mass is 610 g/mol. The smallest absolute Gasteiger partial charge is 0.398 e. The second-order valence-corrected chi connectivity index (χ2v) is 11.1. The molecule has 4 rings (SSSR count). The molecule has 4 aromatic rings. The summed E-state index contributed by atoms with van der Waals surface area (Å²) in [5.41, 5.74) is 0.617. The van der Waals surface area contributed by atoms with E-state index in [0.29, 0.717) is 64.7 Å². The second-order valence-electron chi connectivity index (χ2n) is 10.3. The Balaban J connectivity index is 1.71. The maximum absolute atomic E-state index is 14.2. The molecule has 0 aliphatic carbocycles. The zero-order chi connectivity index (χ0) is 30.1. The molecular formula is C33H36Cl2N2O5. The van der Waals surface area contributed by atoms with Gasteiger partial charge in [-0.1, -0.05) is 49.5 Å². The van der Waals surface area contributed by atoms with Crippen molar-refractivity contribution in [3.63, 3.8) is 0 Å². The standard InChI is InChI=1S/C33H36Cl2N2O5/c1-5-10-23(4)33(17-7-8-21-39-20-6-2,40-27-14-13-26(35)29-22(3)16-19-37-31(27)29)32(38)42-41-28-15-12-25(34)24-11-9-18-36-30(24)28/h6,9,11-16,18-19,23H,2,5,7-8,10,17,20-21H2,1,3-4H3. The van der Waals surface area contributed by atoms with Gasteiger partial charge in [-0.15, -0.1) is 6.58 Å². The minimum atomic E-state index is -1.39. The third-order valence-corrected chi connectivity index (χ3v) is 8.02. The van der Waals surface area contributed by atoms with E-state index in [4.69, 9.17) is 42.5 Å². The number of aromatic nitrogens is 2. The van der Waals surface area contributed by atoms with Crippen molar-refractivity contribution in [2.75, 3.05) is 13.2 Å². The van der Waals surface area contributed by atoms with Gasteiger partial charge in [0.15, 0.2) is 0 Å². The van der Waals surface area contributed by atoms with Gasteiger partial charge in [-0.3, -0.25) is 14.9 Å². The molecule has 0 aliphatic heterocycles. The Kier molecular flexibility index (Phi) is 11.0. The lowest BCUT2D eigenvalue weighted by molar-refractivity contribution is -0.234. The van der Waals surface area contributed by atoms with E-state index < -0.39 is 11.6 Å². The highest BCUT2D eigenvalue weighted by Gasteiger charge is 2.48. The molecule has 0 spiro atoms. The van der Waals surface area contributed by atoms with Crippen LogP contribution in [0.25, 0.3) is 21.8 Å². The Morgan fingerprint density at radius 2 is 1.79 bits per heavy atom. The lowest BCUT2D eigenvalue weighted by Crippen LogP contribution is -2.51. The number of hydrogen-bond donors (Lipinski definition) is 0. The molecule has 0 bridgehead atoms. The number of aryl methyl sites for hydroxylation is 1. The number of halogens is 2. The van der Waals surface area contributed by atoms with E-state index >= 15 is 0 Å². The maximum atomic E-state index is 14.2. The molecule has 0 amide bonds. The third kappa shape index (κ3) is 6.97. The van der Waals surface area contributed by atoms with Crippen molar-refractivity contribution in [1.29, 1.82) is 0 Å². The summed E-state index contributed by atoms with van der Waals surface area (Å²) in [6.45, 7) is 10.7. The molecule has 0 radical (unpaired) electrons. The Morgan fingerprint density at radius 1 is 1.02 bits per heavy atom. The number of pyridine rings is 2. The Hall–Kier alpha value is -3.39. The summed E-state index contributed by atoms with van der Waals surface area (Å²) in [5, 5.41) is 2.53. The molecule has 2 aromatic carbocycles. The molecule has 2 aromatic heterocycles. The van der Waals surface area contributed by atoms with Gasteiger partial charge in [0.25, 0.3) is 0 Å². The van der Waals surface area contributed by atoms with Gasteiger partial charge in [0, 0.05) is 35.7 Å². The second kappa shape index (κ2) is 14.7. The Bertz CT molecular complexity index is 1540. The average molecular weight is 612 g/mol. The fraction of sp³-hybridized carbons (Fsp3) is 0.364. The fourth-order valence-corrected chi connectivity index (χ4v) is 5.65. The van der Waals surface area contributed by atoms with E-state index in [1.807, 2.05) is 26.0 Å². The van der Waals surface area contributed by atoms with Gasteiger partial charge in [-0.2, -0.15) is 0 Å². The van der Waals surface area contributed by atoms with E-state index in [1.165, 1.54) is 0 Å². The molecule has 0 aliphatic rings. The summed E-state index contributed by atoms with van der Waals surface area (Å²) in [4.78, 5) is 34.4. The van der Waals surface area contributed by atoms with Crippen LogP contribution in [0.1, 0.15) is 51.5 Å². The van der Waals surface area contributed by atoms with Crippen LogP contribution < -0.4 is 9.62 Å². The van der Waals surface area contributed by atoms with Gasteiger partial charge in [-0.05, 0) is 80.6 Å². The summed E-state index contributed by atoms with van der Waals surface area (Å²) in [6.07, 6.45) is 8.32. The van der Waals surface area contributed by atoms with Crippen LogP contribution in [0.15, 0.2) is 67.5 Å². The molecule has 0 saturated heterocycles. The highest BCUT2D eigenvalue weighted by Crippen LogP contribution is 2.40. The molecular weight excluding hydrogens is 575 g/mol. The van der Waals surface area contributed by atoms with E-state index in [-0.39, 0.29) is 11.7 Å². The quantitative estimate of drug-likeness (QED) is 0.0575. The van der Waals surface area contributed by atoms with Crippen LogP contribution in [0.4, 0.5) is 0 Å². The predicted octanol–water partition coefficient (Wildman–Crippen LogP) is 8.86. The van der Waals surface area contributed by atoms with Crippen molar-refractivity contribution in [1.82, 2.24) is 9.97 Å². The van der Waals surface area contributed by atoms with Crippen LogP contribution in [0, 0.1) is 12.8 Å². The normalized spacial score (nSPS) is 13.5. The number of fused-ring (bicyclic) bond motifs is 2. The number of benzene rings is 2. The van der Waals surface area contributed by atoms with Gasteiger partial charge in [0.05, 0.1) is 16.7 Å². The lowest BCUT2D eigenvalue weighted by Gasteiger charge is -2.37. The van der Waals surface area contributed by atoms with Crippen molar-refractivity contribution in [2.24, 2.45) is 5.92 Å². The van der Waals surface area contributed by atoms with E-state index in [2.05, 4.69) is 23.5 Å². The van der Waals surface area contributed by atoms with Gasteiger partial charge in [-0.25, -0.2) is 9.68 Å². The number of hydrogen-bond acceptors (Lipinski definition) is 7. The van der Waals surface area contributed by atoms with Gasteiger partial charge >= 0.3 is 5.97 Å². The van der Waals surface area contributed by atoms with Gasteiger partial charge in [0.1, 0.15) is 16.8 Å². The molecule has 2 atom stereocenters. The zero-order valence-corrected chi connectivity index (χ0v) is 25.7. The molecule has 222 valence electrons. The molecule has 0 fully saturated rings. The van der Waals surface area contributed by atoms with Crippen molar-refractivity contribution in [3.05, 3.63) is 83.1 Å². The number of carbonyl (C=O) groups excluding carboxylic acids is 1. The number of unbranched alkanes of at least 4 members (excludes halogenated alkanes) is 1. The molecule has 9 heteroatoms. The van der Waals surface area contributed by atoms with Gasteiger partial charge < -0.3 is 9.47 Å². The topological polar surface area (TPSA) is 79.8 Å². The Labute approximate surface area is 256 Å². The SMILES string of the molecule is C=CCOCCCCC(Oc1ccc(Cl)c2c(C)ccnc12)(C(=O)OOc1ccc(Cl)c2cccnc12)C(C)CCC. The third-order valence-electron chi connectivity index (χ3n) is 7.38. The fourth-order valence-electron chi connectivity index (χ4n) is 5.14. The highest BCUT2D eigenvalue weighted by atomic mass is 35.5. The molecule has 7 nitrogen and oxygen atoms in total. The van der Waals surface area contributed by atoms with Crippen LogP contribution in [0.5, 0.6) is 11.5 Å². The van der Waals surface area contributed by atoms with Crippen molar-refractivity contribution in [3.8, 4) is 11.5 Å². The van der Waals surface area contributed by atoms with E-state index in [1.54, 1.807) is 48.8 Å². The minimum Gasteiger partial charge on any atom is -0.473 e. The largest absolute Gasteiger partial charge is 0.473 e. The molecule has 2 unspecified atom stereocenters. The lowest BCUT2D eigenvalue weighted by atomic mass is 9.81. The van der Waals surface area contributed by atoms with Crippen LogP contribution in [-0.4, -0.2) is 34.8 Å². The van der Waals surface area contributed by atoms with E-state index in [0.717, 1.165) is 23.8 Å². The summed E-state index contributed by atoms with van der Waals surface area (Å²) < 4.78 is 12.3. The van der Waals surface area contributed by atoms with Gasteiger partial charge in [0.2, 0.25) is 11.4 Å². The molecule has 0 N–H and O–H groups in total. The first-order valence-corrected chi connectivity index (χ1v) is 14.9. The Morgan fingerprint density at radius 3 is 2.57 bits per heavy atom. The zero-order valence-electron chi connectivity index (χ0n) is 24.2. The summed E-state index contributed by atoms with van der Waals surface area (Å²) in [7, 11) is 0. The summed E-state index contributed by atoms with van der Waals surface area (Å²) >= 11 is 12.9. The first-order valence-electron chi connectivity index (χ1n) is 14.2. The number of rotatable bonds is 15. The van der Waals surface area contributed by atoms with Crippen molar-refractivity contribution >= 4 is 51.0 Å². The van der Waals surface area contributed by atoms with Crippen LogP contribution >= 0.6 is 23.2 Å². The van der Waals surface area contributed by atoms with Crippen molar-refractivity contribution in [2.45, 2.75) is 58.5 Å². The van der Waals surface area contributed by atoms with Crippen molar-refractivity contribution < 1.29 is 24.0 Å². The number of ether oxygens (including phenoxy) is 2. The minimum absolute atomic E-state index is 0.233. The molecule has 42 heavy (non-hydrogen) atoms. The van der Waals surface area contributed by atoms with Crippen LogP contribution in [0.2, 0.25) is 10.0 Å². The number of carbonyl (C=O) groups is 1. The van der Waals surface area contributed by atoms with Crippen LogP contribution in [0.3, 0.4) is 0 Å². The number of nitrogens with zero attached hydrogens (tertiary/aromatic N) is 2. The van der Waals surface area contributed by atoms with Crippen LogP contribution in [-0.2, 0) is 14.4 Å². The predicted molar refractivity (Wildman–Crippen MR) is 167 cm³/mol. The summed E-state index contributed by atoms with van der Waals surface area (Å²) in [5.74, 6) is -0.166. The molecule has 2 heterocycles. The first kappa shape index (κ1) is 31.5. The summed E-state index contributed by atoms with van der Waals surface area (Å²) in [6, 6.07) is 12.3. The van der Waals surface area contributed by atoms with E-state index in [9.17, 15) is 4.79 Å². The maximum Gasteiger partial charge on any atom is 0.398 e.